The Labute approximate surface area is 131 Å². The Bertz CT molecular complexity index is 843. The number of fused-ring (bicyclic) bond motifs is 1. The first-order valence-corrected chi connectivity index (χ1v) is 7.93. The van der Waals surface area contributed by atoms with Gasteiger partial charge < -0.3 is 4.74 Å². The van der Waals surface area contributed by atoms with Crippen LogP contribution >= 0.6 is 11.3 Å². The van der Waals surface area contributed by atoms with E-state index in [-0.39, 0.29) is 11.7 Å². The maximum atomic E-state index is 12.4. The molecular formula is C15H16N4O2S. The summed E-state index contributed by atoms with van der Waals surface area (Å²) in [6.45, 7) is 4.98. The molecule has 3 heterocycles. The number of rotatable bonds is 5. The number of pyridine rings is 1. The third kappa shape index (κ3) is 2.90. The van der Waals surface area contributed by atoms with Crippen molar-refractivity contribution in [3.63, 3.8) is 0 Å². The van der Waals surface area contributed by atoms with Gasteiger partial charge in [-0.3, -0.25) is 9.36 Å². The van der Waals surface area contributed by atoms with Crippen molar-refractivity contribution in [1.29, 1.82) is 0 Å². The number of ether oxygens (including phenoxy) is 1. The average Bonchev–Trinajstić information content (AvgIpc) is 2.99. The summed E-state index contributed by atoms with van der Waals surface area (Å²) in [7, 11) is 0. The smallest absolute Gasteiger partial charge is 0.263 e. The second-order valence-corrected chi connectivity index (χ2v) is 5.72. The quantitative estimate of drug-likeness (QED) is 0.723. The Hall–Kier alpha value is -2.12. The molecule has 0 radical (unpaired) electrons. The van der Waals surface area contributed by atoms with Crippen LogP contribution in [0.25, 0.3) is 11.0 Å². The molecule has 0 unspecified atom stereocenters. The lowest BCUT2D eigenvalue weighted by Crippen LogP contribution is -2.21. The third-order valence-electron chi connectivity index (χ3n) is 3.26. The fraction of sp³-hybridized carbons (Fsp3) is 0.333. The zero-order valence-corrected chi connectivity index (χ0v) is 13.2. The van der Waals surface area contributed by atoms with E-state index in [4.69, 9.17) is 4.74 Å². The minimum Gasteiger partial charge on any atom is -0.372 e. The predicted molar refractivity (Wildman–Crippen MR) is 85.1 cm³/mol. The van der Waals surface area contributed by atoms with Crippen molar-refractivity contribution in [1.82, 2.24) is 19.5 Å². The molecule has 0 aromatic carbocycles. The molecule has 22 heavy (non-hydrogen) atoms. The molecule has 114 valence electrons. The standard InChI is InChI=1S/C15H16N4O2S/c1-3-21-10(2)14-18-11(8-22-14)7-19-9-17-13-12(15(19)20)5-4-6-16-13/h4-6,8-10H,3,7H2,1-2H3/t10-/m0/s1. The summed E-state index contributed by atoms with van der Waals surface area (Å²) in [4.78, 5) is 25.2. The van der Waals surface area contributed by atoms with Crippen LogP contribution in [0, 0.1) is 0 Å². The van der Waals surface area contributed by atoms with E-state index in [9.17, 15) is 4.79 Å². The molecule has 0 saturated heterocycles. The van der Waals surface area contributed by atoms with Crippen LogP contribution in [0.5, 0.6) is 0 Å². The van der Waals surface area contributed by atoms with Crippen molar-refractivity contribution in [2.24, 2.45) is 0 Å². The molecule has 0 spiro atoms. The highest BCUT2D eigenvalue weighted by atomic mass is 32.1. The number of hydrogen-bond acceptors (Lipinski definition) is 6. The molecule has 0 bridgehead atoms. The van der Waals surface area contributed by atoms with Gasteiger partial charge >= 0.3 is 0 Å². The van der Waals surface area contributed by atoms with Crippen LogP contribution in [0.15, 0.2) is 34.8 Å². The molecule has 0 aliphatic rings. The summed E-state index contributed by atoms with van der Waals surface area (Å²) in [5.74, 6) is 0. The van der Waals surface area contributed by atoms with E-state index >= 15 is 0 Å². The largest absolute Gasteiger partial charge is 0.372 e. The monoisotopic (exact) mass is 316 g/mol. The molecule has 3 rings (SSSR count). The molecular weight excluding hydrogens is 300 g/mol. The van der Waals surface area contributed by atoms with Crippen LogP contribution in [0.4, 0.5) is 0 Å². The van der Waals surface area contributed by atoms with Gasteiger partial charge in [-0.1, -0.05) is 0 Å². The Balaban J connectivity index is 1.87. The number of hydrogen-bond donors (Lipinski definition) is 0. The van der Waals surface area contributed by atoms with Gasteiger partial charge in [0, 0.05) is 18.2 Å². The van der Waals surface area contributed by atoms with Crippen molar-refractivity contribution < 1.29 is 4.74 Å². The Morgan fingerprint density at radius 1 is 1.41 bits per heavy atom. The van der Waals surface area contributed by atoms with Crippen molar-refractivity contribution in [3.8, 4) is 0 Å². The maximum absolute atomic E-state index is 12.4. The molecule has 0 aliphatic carbocycles. The topological polar surface area (TPSA) is 69.9 Å². The first-order valence-electron chi connectivity index (χ1n) is 7.05. The Kier molecular flexibility index (Phi) is 4.26. The second-order valence-electron chi connectivity index (χ2n) is 4.83. The van der Waals surface area contributed by atoms with Gasteiger partial charge in [-0.2, -0.15) is 0 Å². The van der Waals surface area contributed by atoms with E-state index in [0.717, 1.165) is 10.7 Å². The summed E-state index contributed by atoms with van der Waals surface area (Å²) in [5.41, 5.74) is 1.19. The first-order chi connectivity index (χ1) is 10.7. The highest BCUT2D eigenvalue weighted by Crippen LogP contribution is 2.21. The lowest BCUT2D eigenvalue weighted by Gasteiger charge is -2.07. The lowest BCUT2D eigenvalue weighted by atomic mass is 10.3. The zero-order chi connectivity index (χ0) is 15.5. The van der Waals surface area contributed by atoms with Gasteiger partial charge in [0.05, 0.1) is 17.6 Å². The number of nitrogens with zero attached hydrogens (tertiary/aromatic N) is 4. The van der Waals surface area contributed by atoms with Gasteiger partial charge in [-0.25, -0.2) is 15.0 Å². The second kappa shape index (κ2) is 6.33. The van der Waals surface area contributed by atoms with Gasteiger partial charge in [0.2, 0.25) is 0 Å². The van der Waals surface area contributed by atoms with E-state index in [1.165, 1.54) is 6.33 Å². The maximum Gasteiger partial charge on any atom is 0.263 e. The Morgan fingerprint density at radius 3 is 3.09 bits per heavy atom. The average molecular weight is 316 g/mol. The fourth-order valence-electron chi connectivity index (χ4n) is 2.19. The van der Waals surface area contributed by atoms with Crippen LogP contribution in [-0.2, 0) is 11.3 Å². The van der Waals surface area contributed by atoms with Crippen LogP contribution in [-0.4, -0.2) is 26.1 Å². The number of thiazole rings is 1. The van der Waals surface area contributed by atoms with Crippen molar-refractivity contribution in [3.05, 3.63) is 51.1 Å². The number of aromatic nitrogens is 4. The lowest BCUT2D eigenvalue weighted by molar-refractivity contribution is 0.0761. The van der Waals surface area contributed by atoms with Gasteiger partial charge in [-0.15, -0.1) is 11.3 Å². The molecule has 6 nitrogen and oxygen atoms in total. The van der Waals surface area contributed by atoms with Crippen molar-refractivity contribution >= 4 is 22.4 Å². The molecule has 0 saturated carbocycles. The fourth-order valence-corrected chi connectivity index (χ4v) is 3.00. The Morgan fingerprint density at radius 2 is 2.27 bits per heavy atom. The molecule has 0 fully saturated rings. The van der Waals surface area contributed by atoms with Crippen molar-refractivity contribution in [2.45, 2.75) is 26.5 Å². The molecule has 0 N–H and O–H groups in total. The minimum atomic E-state index is -0.106. The first kappa shape index (κ1) is 14.8. The summed E-state index contributed by atoms with van der Waals surface area (Å²) in [6, 6.07) is 3.47. The summed E-state index contributed by atoms with van der Waals surface area (Å²) in [5, 5.41) is 3.38. The molecule has 7 heteroatoms. The SMILES string of the molecule is CCO[C@@H](C)c1nc(Cn2cnc3ncccc3c2=O)cs1. The van der Waals surface area contributed by atoms with Crippen LogP contribution in [0.1, 0.15) is 30.7 Å². The zero-order valence-electron chi connectivity index (χ0n) is 12.4. The van der Waals surface area contributed by atoms with Gasteiger partial charge in [0.15, 0.2) is 5.65 Å². The van der Waals surface area contributed by atoms with E-state index in [1.54, 1.807) is 34.2 Å². The highest BCUT2D eigenvalue weighted by Gasteiger charge is 2.11. The normalized spacial score (nSPS) is 12.6. The van der Waals surface area contributed by atoms with Crippen LogP contribution < -0.4 is 5.56 Å². The van der Waals surface area contributed by atoms with E-state index in [2.05, 4.69) is 15.0 Å². The van der Waals surface area contributed by atoms with Crippen LogP contribution in [0.2, 0.25) is 0 Å². The van der Waals surface area contributed by atoms with Gasteiger partial charge in [0.1, 0.15) is 17.4 Å². The summed E-state index contributed by atoms with van der Waals surface area (Å²) < 4.78 is 7.08. The molecule has 3 aromatic rings. The predicted octanol–water partition coefficient (Wildman–Crippen LogP) is 2.39. The molecule has 3 aromatic heterocycles. The van der Waals surface area contributed by atoms with E-state index < -0.39 is 0 Å². The summed E-state index contributed by atoms with van der Waals surface area (Å²) in [6.07, 6.45) is 3.11. The summed E-state index contributed by atoms with van der Waals surface area (Å²) >= 11 is 1.54. The van der Waals surface area contributed by atoms with Gasteiger partial charge in [0.25, 0.3) is 5.56 Å². The minimum absolute atomic E-state index is 0.0283. The van der Waals surface area contributed by atoms with Gasteiger partial charge in [-0.05, 0) is 26.0 Å². The molecule has 1 atom stereocenters. The van der Waals surface area contributed by atoms with Crippen LogP contribution in [0.3, 0.4) is 0 Å². The van der Waals surface area contributed by atoms with E-state index in [0.29, 0.717) is 24.2 Å². The molecule has 0 amide bonds. The highest BCUT2D eigenvalue weighted by molar-refractivity contribution is 7.09. The van der Waals surface area contributed by atoms with Crippen molar-refractivity contribution in [2.75, 3.05) is 6.61 Å². The third-order valence-corrected chi connectivity index (χ3v) is 4.32. The van der Waals surface area contributed by atoms with E-state index in [1.807, 2.05) is 19.2 Å². The molecule has 0 aliphatic heterocycles.